The van der Waals surface area contributed by atoms with Crippen molar-refractivity contribution < 1.29 is 18.7 Å². The van der Waals surface area contributed by atoms with Crippen LogP contribution in [0.4, 0.5) is 0 Å². The molecule has 0 atom stereocenters. The molecule has 24 heavy (non-hydrogen) atoms. The van der Waals surface area contributed by atoms with Crippen LogP contribution in [0.25, 0.3) is 11.0 Å². The quantitative estimate of drug-likeness (QED) is 0.408. The van der Waals surface area contributed by atoms with Gasteiger partial charge in [0.25, 0.3) is 0 Å². The van der Waals surface area contributed by atoms with Crippen molar-refractivity contribution in [1.29, 1.82) is 0 Å². The van der Waals surface area contributed by atoms with Crippen molar-refractivity contribution in [1.82, 2.24) is 0 Å². The van der Waals surface area contributed by atoms with Crippen LogP contribution >= 0.6 is 11.6 Å². The second kappa shape index (κ2) is 6.37. The van der Waals surface area contributed by atoms with Gasteiger partial charge in [0.1, 0.15) is 17.1 Å². The largest absolute Gasteiger partial charge is 0.495 e. The van der Waals surface area contributed by atoms with Crippen molar-refractivity contribution in [2.24, 2.45) is 0 Å². The number of fused-ring (bicyclic) bond motifs is 1. The Morgan fingerprint density at radius 3 is 2.62 bits per heavy atom. The molecule has 1 aromatic heterocycles. The number of carbonyl (C=O) groups is 1. The molecule has 0 saturated heterocycles. The number of benzene rings is 2. The fraction of sp³-hybridized carbons (Fsp3) is 0.111. The summed E-state index contributed by atoms with van der Waals surface area (Å²) >= 11 is 6.01. The van der Waals surface area contributed by atoms with Crippen molar-refractivity contribution in [3.63, 3.8) is 0 Å². The van der Waals surface area contributed by atoms with E-state index in [2.05, 4.69) is 0 Å². The fourth-order valence-corrected chi connectivity index (χ4v) is 2.59. The van der Waals surface area contributed by atoms with E-state index in [0.29, 0.717) is 16.4 Å². The van der Waals surface area contributed by atoms with Gasteiger partial charge in [-0.2, -0.15) is 0 Å². The summed E-state index contributed by atoms with van der Waals surface area (Å²) in [6, 6.07) is 10.9. The number of aryl methyl sites for hydroxylation is 1. The third-order valence-corrected chi connectivity index (χ3v) is 3.82. The zero-order valence-electron chi connectivity index (χ0n) is 13.0. The van der Waals surface area contributed by atoms with Crippen LogP contribution in [0.15, 0.2) is 51.7 Å². The average molecular weight is 345 g/mol. The van der Waals surface area contributed by atoms with E-state index in [4.69, 9.17) is 25.5 Å². The molecule has 0 N–H and O–H groups in total. The van der Waals surface area contributed by atoms with Gasteiger partial charge in [-0.15, -0.1) is 0 Å². The highest BCUT2D eigenvalue weighted by atomic mass is 35.5. The zero-order chi connectivity index (χ0) is 17.3. The van der Waals surface area contributed by atoms with Crippen LogP contribution in [0, 0.1) is 6.92 Å². The smallest absolute Gasteiger partial charge is 0.343 e. The van der Waals surface area contributed by atoms with Gasteiger partial charge in [-0.1, -0.05) is 11.6 Å². The number of halogens is 1. The molecule has 0 aliphatic carbocycles. The van der Waals surface area contributed by atoms with Gasteiger partial charge in [0, 0.05) is 17.5 Å². The summed E-state index contributed by atoms with van der Waals surface area (Å²) in [4.78, 5) is 23.7. The van der Waals surface area contributed by atoms with E-state index >= 15 is 0 Å². The van der Waals surface area contributed by atoms with E-state index in [1.54, 1.807) is 24.3 Å². The van der Waals surface area contributed by atoms with Gasteiger partial charge in [-0.05, 0) is 42.8 Å². The molecule has 122 valence electrons. The predicted molar refractivity (Wildman–Crippen MR) is 90.2 cm³/mol. The van der Waals surface area contributed by atoms with Crippen LogP contribution in [0.5, 0.6) is 11.5 Å². The molecule has 0 fully saturated rings. The van der Waals surface area contributed by atoms with Gasteiger partial charge >= 0.3 is 11.6 Å². The van der Waals surface area contributed by atoms with Crippen molar-refractivity contribution in [2.45, 2.75) is 6.92 Å². The third kappa shape index (κ3) is 3.12. The molecule has 0 aliphatic heterocycles. The lowest BCUT2D eigenvalue weighted by Gasteiger charge is -2.08. The maximum absolute atomic E-state index is 12.2. The van der Waals surface area contributed by atoms with E-state index in [1.165, 1.54) is 25.3 Å². The first-order valence-corrected chi connectivity index (χ1v) is 7.46. The number of hydrogen-bond donors (Lipinski definition) is 0. The number of hydrogen-bond acceptors (Lipinski definition) is 5. The Labute approximate surface area is 142 Å². The Hall–Kier alpha value is -2.79. The van der Waals surface area contributed by atoms with Gasteiger partial charge in [-0.25, -0.2) is 9.59 Å². The summed E-state index contributed by atoms with van der Waals surface area (Å²) in [5, 5.41) is 1.09. The Morgan fingerprint density at radius 1 is 1.12 bits per heavy atom. The molecule has 3 rings (SSSR count). The van der Waals surface area contributed by atoms with Crippen LogP contribution in [-0.2, 0) is 0 Å². The molecule has 0 aliphatic rings. The molecule has 0 saturated carbocycles. The number of methoxy groups -OCH3 is 1. The first-order valence-electron chi connectivity index (χ1n) is 7.08. The monoisotopic (exact) mass is 344 g/mol. The number of carbonyl (C=O) groups excluding carboxylic acids is 1. The molecule has 3 aromatic rings. The summed E-state index contributed by atoms with van der Waals surface area (Å²) in [6.45, 7) is 1.81. The van der Waals surface area contributed by atoms with Gasteiger partial charge < -0.3 is 13.9 Å². The van der Waals surface area contributed by atoms with Crippen molar-refractivity contribution in [3.05, 3.63) is 69.0 Å². The van der Waals surface area contributed by atoms with E-state index in [1.807, 2.05) is 6.92 Å². The van der Waals surface area contributed by atoms with E-state index in [-0.39, 0.29) is 11.3 Å². The van der Waals surface area contributed by atoms with Crippen LogP contribution in [0.1, 0.15) is 15.9 Å². The summed E-state index contributed by atoms with van der Waals surface area (Å²) < 4.78 is 15.5. The highest BCUT2D eigenvalue weighted by molar-refractivity contribution is 6.32. The highest BCUT2D eigenvalue weighted by Crippen LogP contribution is 2.26. The van der Waals surface area contributed by atoms with Crippen molar-refractivity contribution in [2.75, 3.05) is 7.11 Å². The summed E-state index contributed by atoms with van der Waals surface area (Å²) in [5.41, 5.74) is 0.983. The summed E-state index contributed by atoms with van der Waals surface area (Å²) in [7, 11) is 1.49. The zero-order valence-corrected chi connectivity index (χ0v) is 13.7. The standard InChI is InChI=1S/C18H13ClO5/c1-10-7-17(20)24-16-9-12(4-5-13(10)16)23-18(21)11-3-6-15(22-2)14(19)8-11/h3-9H,1-2H3. The van der Waals surface area contributed by atoms with Crippen molar-refractivity contribution in [3.8, 4) is 11.5 Å². The Kier molecular flexibility index (Phi) is 4.27. The Bertz CT molecular complexity index is 990. The second-order valence-corrected chi connectivity index (χ2v) is 5.55. The molecule has 1 heterocycles. The predicted octanol–water partition coefficient (Wildman–Crippen LogP) is 3.98. The molecule has 0 unspecified atom stereocenters. The first kappa shape index (κ1) is 16.1. The van der Waals surface area contributed by atoms with E-state index < -0.39 is 11.6 Å². The van der Waals surface area contributed by atoms with Gasteiger partial charge in [0.15, 0.2) is 0 Å². The lowest BCUT2D eigenvalue weighted by molar-refractivity contribution is 0.0735. The normalized spacial score (nSPS) is 10.6. The molecule has 5 nitrogen and oxygen atoms in total. The maximum Gasteiger partial charge on any atom is 0.343 e. The fourth-order valence-electron chi connectivity index (χ4n) is 2.33. The van der Waals surface area contributed by atoms with Gasteiger partial charge in [0.05, 0.1) is 17.7 Å². The van der Waals surface area contributed by atoms with Gasteiger partial charge in [0.2, 0.25) is 0 Å². The van der Waals surface area contributed by atoms with E-state index in [9.17, 15) is 9.59 Å². The minimum Gasteiger partial charge on any atom is -0.495 e. The topological polar surface area (TPSA) is 65.7 Å². The van der Waals surface area contributed by atoms with Crippen molar-refractivity contribution >= 4 is 28.5 Å². The minimum atomic E-state index is -0.575. The van der Waals surface area contributed by atoms with Gasteiger partial charge in [-0.3, -0.25) is 0 Å². The lowest BCUT2D eigenvalue weighted by atomic mass is 10.1. The number of esters is 1. The lowest BCUT2D eigenvalue weighted by Crippen LogP contribution is -2.08. The first-order chi connectivity index (χ1) is 11.5. The molecule has 6 heteroatoms. The third-order valence-electron chi connectivity index (χ3n) is 3.52. The van der Waals surface area contributed by atoms with Crippen LogP contribution in [-0.4, -0.2) is 13.1 Å². The highest BCUT2D eigenvalue weighted by Gasteiger charge is 2.12. The average Bonchev–Trinajstić information content (AvgIpc) is 2.54. The Morgan fingerprint density at radius 2 is 1.92 bits per heavy atom. The van der Waals surface area contributed by atoms with Crippen LogP contribution in [0.3, 0.4) is 0 Å². The van der Waals surface area contributed by atoms with E-state index in [0.717, 1.165) is 10.9 Å². The molecule has 0 amide bonds. The SMILES string of the molecule is COc1ccc(C(=O)Oc2ccc3c(C)cc(=O)oc3c2)cc1Cl. The van der Waals surface area contributed by atoms with Crippen LogP contribution < -0.4 is 15.1 Å². The Balaban J connectivity index is 1.90. The molecular weight excluding hydrogens is 332 g/mol. The molecule has 0 radical (unpaired) electrons. The molecule has 2 aromatic carbocycles. The molecular formula is C18H13ClO5. The minimum absolute atomic E-state index is 0.271. The number of rotatable bonds is 3. The maximum atomic E-state index is 12.2. The summed E-state index contributed by atoms with van der Waals surface area (Å²) in [6.07, 6.45) is 0. The number of ether oxygens (including phenoxy) is 2. The van der Waals surface area contributed by atoms with Crippen LogP contribution in [0.2, 0.25) is 5.02 Å². The summed E-state index contributed by atoms with van der Waals surface area (Å²) in [5.74, 6) is 0.165. The molecule has 0 bridgehead atoms. The second-order valence-electron chi connectivity index (χ2n) is 5.15. The molecule has 0 spiro atoms.